The van der Waals surface area contributed by atoms with E-state index in [-0.39, 0.29) is 18.9 Å². The van der Waals surface area contributed by atoms with E-state index in [2.05, 4.69) is 15.5 Å². The predicted octanol–water partition coefficient (Wildman–Crippen LogP) is 1.88. The number of amides is 1. The fourth-order valence-electron chi connectivity index (χ4n) is 3.50. The van der Waals surface area contributed by atoms with E-state index in [1.165, 1.54) is 32.1 Å². The van der Waals surface area contributed by atoms with Crippen LogP contribution in [0.4, 0.5) is 0 Å². The predicted molar refractivity (Wildman–Crippen MR) is 90.8 cm³/mol. The van der Waals surface area contributed by atoms with Crippen molar-refractivity contribution in [2.75, 3.05) is 13.2 Å². The van der Waals surface area contributed by atoms with Gasteiger partial charge in [-0.2, -0.15) is 4.98 Å². The van der Waals surface area contributed by atoms with Gasteiger partial charge in [-0.05, 0) is 12.3 Å². The standard InChI is InChI=1S/C17H30N4O4/c22-10-9-18-12-15-19-17(25-21-15)14(11-16(23)20-24)8-4-7-13-5-2-1-3-6-13/h13-14,18,22,24H,1-12H2,(H,20,23)/t14-/m1/s1. The van der Waals surface area contributed by atoms with Gasteiger partial charge in [0.05, 0.1) is 13.2 Å². The molecule has 8 nitrogen and oxygen atoms in total. The molecular formula is C17H30N4O4. The Morgan fingerprint density at radius 1 is 1.32 bits per heavy atom. The molecule has 1 aromatic rings. The number of aliphatic hydroxyl groups excluding tert-OH is 1. The Bertz CT molecular complexity index is 503. The first-order valence-electron chi connectivity index (χ1n) is 9.30. The SMILES string of the molecule is O=C(C[C@@H](CCCC1CCCCC1)c1nc(CNCCO)no1)NO. The Labute approximate surface area is 148 Å². The summed E-state index contributed by atoms with van der Waals surface area (Å²) in [6.45, 7) is 0.915. The van der Waals surface area contributed by atoms with Crippen molar-refractivity contribution in [2.45, 2.75) is 70.3 Å². The van der Waals surface area contributed by atoms with Crippen LogP contribution >= 0.6 is 0 Å². The van der Waals surface area contributed by atoms with E-state index < -0.39 is 5.91 Å². The van der Waals surface area contributed by atoms with E-state index in [0.717, 1.165) is 25.2 Å². The normalized spacial score (nSPS) is 16.7. The Kier molecular flexibility index (Phi) is 8.85. The highest BCUT2D eigenvalue weighted by atomic mass is 16.5. The molecule has 0 aromatic carbocycles. The summed E-state index contributed by atoms with van der Waals surface area (Å²) in [5, 5.41) is 24.5. The van der Waals surface area contributed by atoms with Crippen LogP contribution in [0.1, 0.15) is 75.4 Å². The molecule has 1 saturated carbocycles. The molecule has 1 amide bonds. The first kappa shape index (κ1) is 19.8. The van der Waals surface area contributed by atoms with Crippen LogP contribution in [-0.4, -0.2) is 39.5 Å². The molecule has 0 radical (unpaired) electrons. The van der Waals surface area contributed by atoms with Crippen LogP contribution in [0.2, 0.25) is 0 Å². The van der Waals surface area contributed by atoms with Gasteiger partial charge in [-0.1, -0.05) is 50.1 Å². The number of nitrogens with one attached hydrogen (secondary N) is 2. The number of carbonyl (C=O) groups excluding carboxylic acids is 1. The van der Waals surface area contributed by atoms with E-state index >= 15 is 0 Å². The van der Waals surface area contributed by atoms with Crippen molar-refractivity contribution in [2.24, 2.45) is 5.92 Å². The zero-order valence-corrected chi connectivity index (χ0v) is 14.7. The van der Waals surface area contributed by atoms with Gasteiger partial charge in [-0.25, -0.2) is 5.48 Å². The van der Waals surface area contributed by atoms with E-state index in [4.69, 9.17) is 14.8 Å². The lowest BCUT2D eigenvalue weighted by molar-refractivity contribution is -0.129. The molecule has 4 N–H and O–H groups in total. The molecule has 0 bridgehead atoms. The Morgan fingerprint density at radius 3 is 2.84 bits per heavy atom. The summed E-state index contributed by atoms with van der Waals surface area (Å²) in [6.07, 6.45) is 9.72. The maximum atomic E-state index is 11.6. The second-order valence-electron chi connectivity index (χ2n) is 6.82. The minimum atomic E-state index is -0.444. The summed E-state index contributed by atoms with van der Waals surface area (Å²) >= 11 is 0. The monoisotopic (exact) mass is 354 g/mol. The Balaban J connectivity index is 1.86. The summed E-state index contributed by atoms with van der Waals surface area (Å²) in [5.41, 5.74) is 1.68. The molecule has 1 atom stereocenters. The average molecular weight is 354 g/mol. The molecule has 0 aliphatic heterocycles. The maximum absolute atomic E-state index is 11.6. The lowest BCUT2D eigenvalue weighted by Crippen LogP contribution is -2.21. The highest BCUT2D eigenvalue weighted by Crippen LogP contribution is 2.31. The van der Waals surface area contributed by atoms with Gasteiger partial charge in [0, 0.05) is 18.9 Å². The summed E-state index contributed by atoms with van der Waals surface area (Å²) in [5.74, 6) is 1.11. The van der Waals surface area contributed by atoms with Crippen LogP contribution in [-0.2, 0) is 11.3 Å². The van der Waals surface area contributed by atoms with Crippen molar-refractivity contribution in [3.05, 3.63) is 11.7 Å². The summed E-state index contributed by atoms with van der Waals surface area (Å²) < 4.78 is 5.32. The van der Waals surface area contributed by atoms with Crippen molar-refractivity contribution in [1.82, 2.24) is 20.9 Å². The molecule has 1 aromatic heterocycles. The van der Waals surface area contributed by atoms with Crippen molar-refractivity contribution in [1.29, 1.82) is 0 Å². The van der Waals surface area contributed by atoms with Gasteiger partial charge in [-0.3, -0.25) is 10.0 Å². The molecule has 1 heterocycles. The van der Waals surface area contributed by atoms with Crippen LogP contribution in [0, 0.1) is 5.92 Å². The fraction of sp³-hybridized carbons (Fsp3) is 0.824. The third kappa shape index (κ3) is 7.09. The number of nitrogens with zero attached hydrogens (tertiary/aromatic N) is 2. The van der Waals surface area contributed by atoms with Gasteiger partial charge in [0.25, 0.3) is 0 Å². The molecule has 0 spiro atoms. The van der Waals surface area contributed by atoms with Crippen LogP contribution in [0.5, 0.6) is 0 Å². The maximum Gasteiger partial charge on any atom is 0.244 e. The number of aliphatic hydroxyl groups is 1. The van der Waals surface area contributed by atoms with E-state index in [1.807, 2.05) is 0 Å². The first-order chi connectivity index (χ1) is 12.2. The number of aromatic nitrogens is 2. The minimum absolute atomic E-state index is 0.0468. The molecule has 8 heteroatoms. The molecule has 1 fully saturated rings. The second kappa shape index (κ2) is 11.2. The van der Waals surface area contributed by atoms with Gasteiger partial charge in [0.15, 0.2) is 5.82 Å². The highest BCUT2D eigenvalue weighted by molar-refractivity contribution is 5.75. The largest absolute Gasteiger partial charge is 0.395 e. The second-order valence-corrected chi connectivity index (χ2v) is 6.82. The van der Waals surface area contributed by atoms with Crippen molar-refractivity contribution in [3.63, 3.8) is 0 Å². The third-order valence-corrected chi connectivity index (χ3v) is 4.85. The smallest absolute Gasteiger partial charge is 0.244 e. The minimum Gasteiger partial charge on any atom is -0.395 e. The summed E-state index contributed by atoms with van der Waals surface area (Å²) in [4.78, 5) is 15.9. The van der Waals surface area contributed by atoms with E-state index in [9.17, 15) is 4.79 Å². The molecule has 1 aliphatic carbocycles. The van der Waals surface area contributed by atoms with Crippen molar-refractivity contribution >= 4 is 5.91 Å². The van der Waals surface area contributed by atoms with Crippen LogP contribution in [0.25, 0.3) is 0 Å². The van der Waals surface area contributed by atoms with Crippen LogP contribution < -0.4 is 10.8 Å². The molecule has 142 valence electrons. The zero-order chi connectivity index (χ0) is 17.9. The van der Waals surface area contributed by atoms with Crippen molar-refractivity contribution in [3.8, 4) is 0 Å². The molecule has 25 heavy (non-hydrogen) atoms. The van der Waals surface area contributed by atoms with Crippen LogP contribution in [0.15, 0.2) is 4.52 Å². The van der Waals surface area contributed by atoms with Gasteiger partial charge < -0.3 is 14.9 Å². The number of carbonyl (C=O) groups is 1. The van der Waals surface area contributed by atoms with E-state index in [0.29, 0.717) is 24.8 Å². The summed E-state index contributed by atoms with van der Waals surface area (Å²) in [7, 11) is 0. The van der Waals surface area contributed by atoms with Gasteiger partial charge in [0.2, 0.25) is 11.8 Å². The Hall–Kier alpha value is -1.51. The number of hydroxylamine groups is 1. The quantitative estimate of drug-likeness (QED) is 0.272. The zero-order valence-electron chi connectivity index (χ0n) is 14.7. The molecular weight excluding hydrogens is 324 g/mol. The molecule has 0 saturated heterocycles. The summed E-state index contributed by atoms with van der Waals surface area (Å²) in [6, 6.07) is 0. The lowest BCUT2D eigenvalue weighted by Gasteiger charge is -2.22. The van der Waals surface area contributed by atoms with E-state index in [1.54, 1.807) is 5.48 Å². The molecule has 0 unspecified atom stereocenters. The molecule has 1 aliphatic rings. The van der Waals surface area contributed by atoms with Gasteiger partial charge in [0.1, 0.15) is 0 Å². The number of rotatable bonds is 11. The fourth-order valence-corrected chi connectivity index (χ4v) is 3.50. The van der Waals surface area contributed by atoms with Gasteiger partial charge >= 0.3 is 0 Å². The highest BCUT2D eigenvalue weighted by Gasteiger charge is 2.23. The first-order valence-corrected chi connectivity index (χ1v) is 9.30. The number of hydrogen-bond donors (Lipinski definition) is 4. The topological polar surface area (TPSA) is 121 Å². The van der Waals surface area contributed by atoms with Crippen molar-refractivity contribution < 1.29 is 19.6 Å². The average Bonchev–Trinajstić information content (AvgIpc) is 3.10. The lowest BCUT2D eigenvalue weighted by atomic mass is 9.84. The van der Waals surface area contributed by atoms with Crippen LogP contribution in [0.3, 0.4) is 0 Å². The molecule has 2 rings (SSSR count). The van der Waals surface area contributed by atoms with Gasteiger partial charge in [-0.15, -0.1) is 0 Å². The third-order valence-electron chi connectivity index (χ3n) is 4.85. The number of hydrogen-bond acceptors (Lipinski definition) is 7. The Morgan fingerprint density at radius 2 is 2.12 bits per heavy atom.